The van der Waals surface area contributed by atoms with Gasteiger partial charge in [0.05, 0.1) is 32.6 Å². The number of rotatable bonds is 11. The fraction of sp³-hybridized carbons (Fsp3) is 0.394. The van der Waals surface area contributed by atoms with Crippen LogP contribution in [0.25, 0.3) is 11.1 Å². The molecule has 1 N–H and O–H groups in total. The van der Waals surface area contributed by atoms with Crippen LogP contribution in [0.3, 0.4) is 0 Å². The summed E-state index contributed by atoms with van der Waals surface area (Å²) in [7, 11) is 1.70. The maximum Gasteiger partial charge on any atom is 0.303 e. The van der Waals surface area contributed by atoms with Crippen LogP contribution in [-0.2, 0) is 11.2 Å². The van der Waals surface area contributed by atoms with Gasteiger partial charge in [-0.25, -0.2) is 0 Å². The van der Waals surface area contributed by atoms with Gasteiger partial charge in [-0.1, -0.05) is 36.4 Å². The maximum atomic E-state index is 11.4. The van der Waals surface area contributed by atoms with E-state index in [4.69, 9.17) is 14.7 Å². The summed E-state index contributed by atoms with van der Waals surface area (Å²) in [6.07, 6.45) is 4.89. The van der Waals surface area contributed by atoms with Gasteiger partial charge in [0.1, 0.15) is 11.5 Å². The van der Waals surface area contributed by atoms with Crippen LogP contribution in [0.1, 0.15) is 49.1 Å². The number of hydrogen-bond donors (Lipinski definition) is 1. The number of carboxylic acid groups (broad SMARTS) is 1. The number of nitrogens with zero attached hydrogens (tertiary/aromatic N) is 2. The van der Waals surface area contributed by atoms with E-state index in [-0.39, 0.29) is 12.3 Å². The Kier molecular flexibility index (Phi) is 8.36. The second-order valence-corrected chi connectivity index (χ2v) is 10.8. The van der Waals surface area contributed by atoms with Crippen LogP contribution in [-0.4, -0.2) is 37.9 Å². The number of nitriles is 1. The van der Waals surface area contributed by atoms with E-state index in [1.54, 1.807) is 7.11 Å². The number of anilines is 1. The van der Waals surface area contributed by atoms with Crippen LogP contribution in [0, 0.1) is 23.2 Å². The molecule has 1 aliphatic carbocycles. The predicted molar refractivity (Wildman–Crippen MR) is 152 cm³/mol. The van der Waals surface area contributed by atoms with E-state index < -0.39 is 5.97 Å². The minimum atomic E-state index is -0.736. The number of methoxy groups -OCH3 is 1. The van der Waals surface area contributed by atoms with Crippen molar-refractivity contribution in [1.29, 1.82) is 5.26 Å². The fourth-order valence-corrected chi connectivity index (χ4v) is 5.67. The molecule has 3 aromatic carbocycles. The van der Waals surface area contributed by atoms with Gasteiger partial charge >= 0.3 is 5.97 Å². The zero-order valence-corrected chi connectivity index (χ0v) is 22.5. The monoisotopic (exact) mass is 524 g/mol. The molecule has 0 bridgehead atoms. The van der Waals surface area contributed by atoms with Gasteiger partial charge in [-0.3, -0.25) is 4.79 Å². The number of ether oxygens (including phenoxy) is 2. The van der Waals surface area contributed by atoms with E-state index in [1.807, 2.05) is 42.5 Å². The normalized spacial score (nSPS) is 16.4. The van der Waals surface area contributed by atoms with Crippen molar-refractivity contribution in [2.75, 3.05) is 31.7 Å². The first-order valence-corrected chi connectivity index (χ1v) is 13.9. The molecule has 1 saturated carbocycles. The quantitative estimate of drug-likeness (QED) is 0.301. The van der Waals surface area contributed by atoms with Gasteiger partial charge in [-0.05, 0) is 84.4 Å². The molecule has 0 spiro atoms. The molecule has 1 saturated heterocycles. The third kappa shape index (κ3) is 6.72. The first kappa shape index (κ1) is 26.6. The third-order valence-corrected chi connectivity index (χ3v) is 8.07. The molecule has 0 amide bonds. The van der Waals surface area contributed by atoms with E-state index in [0.29, 0.717) is 24.9 Å². The lowest BCUT2D eigenvalue weighted by Crippen LogP contribution is -2.35. The molecule has 1 atom stereocenters. The van der Waals surface area contributed by atoms with E-state index in [9.17, 15) is 9.90 Å². The topological polar surface area (TPSA) is 82.8 Å². The van der Waals surface area contributed by atoms with Crippen molar-refractivity contribution in [2.24, 2.45) is 11.8 Å². The van der Waals surface area contributed by atoms with E-state index in [2.05, 4.69) is 35.2 Å². The van der Waals surface area contributed by atoms with Gasteiger partial charge in [-0.2, -0.15) is 5.26 Å². The zero-order valence-electron chi connectivity index (χ0n) is 22.5. The molecule has 3 aromatic rings. The molecule has 2 fully saturated rings. The fourth-order valence-electron chi connectivity index (χ4n) is 5.67. The van der Waals surface area contributed by atoms with Gasteiger partial charge < -0.3 is 19.5 Å². The van der Waals surface area contributed by atoms with Crippen molar-refractivity contribution in [2.45, 2.75) is 44.4 Å². The molecule has 5 rings (SSSR count). The van der Waals surface area contributed by atoms with Gasteiger partial charge in [-0.15, -0.1) is 0 Å². The third-order valence-electron chi connectivity index (χ3n) is 8.07. The van der Waals surface area contributed by atoms with E-state index in [0.717, 1.165) is 72.5 Å². The molecule has 0 radical (unpaired) electrons. The van der Waals surface area contributed by atoms with Crippen LogP contribution in [0.5, 0.6) is 11.5 Å². The smallest absolute Gasteiger partial charge is 0.303 e. The highest BCUT2D eigenvalue weighted by Crippen LogP contribution is 2.45. The zero-order chi connectivity index (χ0) is 27.2. The minimum absolute atomic E-state index is 0.0777. The molecule has 0 aromatic heterocycles. The van der Waals surface area contributed by atoms with Crippen LogP contribution in [0.15, 0.2) is 66.7 Å². The number of hydrogen-bond acceptors (Lipinski definition) is 5. The molecule has 1 aliphatic heterocycles. The maximum absolute atomic E-state index is 11.4. The number of carboxylic acids is 1. The summed E-state index contributed by atoms with van der Waals surface area (Å²) < 4.78 is 11.8. The van der Waals surface area contributed by atoms with E-state index >= 15 is 0 Å². The molecule has 2 aliphatic rings. The Bertz CT molecular complexity index is 1320. The summed E-state index contributed by atoms with van der Waals surface area (Å²) >= 11 is 0. The van der Waals surface area contributed by atoms with Crippen molar-refractivity contribution < 1.29 is 19.4 Å². The summed E-state index contributed by atoms with van der Waals surface area (Å²) in [6, 6.07) is 24.8. The van der Waals surface area contributed by atoms with Crippen LogP contribution >= 0.6 is 0 Å². The van der Waals surface area contributed by atoms with Crippen LogP contribution < -0.4 is 14.4 Å². The molecular formula is C33H36N2O4. The Labute approximate surface area is 230 Å². The molecule has 202 valence electrons. The van der Waals surface area contributed by atoms with Crippen molar-refractivity contribution in [3.63, 3.8) is 0 Å². The molecule has 6 heteroatoms. The lowest BCUT2D eigenvalue weighted by Gasteiger charge is -2.35. The average molecular weight is 525 g/mol. The molecule has 6 nitrogen and oxygen atoms in total. The van der Waals surface area contributed by atoms with E-state index in [1.165, 1.54) is 5.69 Å². The summed E-state index contributed by atoms with van der Waals surface area (Å²) in [6.45, 7) is 2.53. The first-order valence-electron chi connectivity index (χ1n) is 13.9. The lowest BCUT2D eigenvalue weighted by atomic mass is 9.91. The Hall–Kier alpha value is -3.98. The predicted octanol–water partition coefficient (Wildman–Crippen LogP) is 6.69. The lowest BCUT2D eigenvalue weighted by molar-refractivity contribution is -0.137. The Morgan fingerprint density at radius 1 is 1.03 bits per heavy atom. The average Bonchev–Trinajstić information content (AvgIpc) is 3.81. The molecule has 1 heterocycles. The Morgan fingerprint density at radius 2 is 1.79 bits per heavy atom. The number of benzene rings is 3. The largest absolute Gasteiger partial charge is 0.497 e. The first-order chi connectivity index (χ1) is 19.0. The second kappa shape index (κ2) is 12.3. The minimum Gasteiger partial charge on any atom is -0.497 e. The summed E-state index contributed by atoms with van der Waals surface area (Å²) in [5.41, 5.74) is 5.56. The standard InChI is InChI=1S/C33H36N2O4/c1-38-28-11-12-30(25-7-5-23(6-8-25)13-16-34)32(20-28)35-17-14-24(15-18-35)22-39-29-4-2-3-27(19-29)31(21-33(36)37)26-9-10-26/h2-8,11-12,19-20,24,26,31H,9-10,13-15,17-18,21-22H2,1H3,(H,36,37)/t31-/m0/s1. The SMILES string of the molecule is COc1ccc(-c2ccc(CC#N)cc2)c(N2CCC(COc3cccc([C@@H](CC(=O)O)C4CC4)c3)CC2)c1. The summed E-state index contributed by atoms with van der Waals surface area (Å²) in [5.74, 6) is 1.96. The second-order valence-electron chi connectivity index (χ2n) is 10.8. The van der Waals surface area contributed by atoms with Crippen molar-refractivity contribution in [3.05, 3.63) is 77.9 Å². The Morgan fingerprint density at radius 3 is 2.46 bits per heavy atom. The highest BCUT2D eigenvalue weighted by Gasteiger charge is 2.34. The molecular weight excluding hydrogens is 488 g/mol. The summed E-state index contributed by atoms with van der Waals surface area (Å²) in [5, 5.41) is 18.3. The number of aliphatic carboxylic acids is 1. The van der Waals surface area contributed by atoms with Crippen LogP contribution in [0.4, 0.5) is 5.69 Å². The number of carbonyl (C=O) groups is 1. The van der Waals surface area contributed by atoms with Gasteiger partial charge in [0.15, 0.2) is 0 Å². The van der Waals surface area contributed by atoms with Crippen molar-refractivity contribution in [1.82, 2.24) is 0 Å². The number of piperidine rings is 1. The highest BCUT2D eigenvalue weighted by molar-refractivity contribution is 5.80. The van der Waals surface area contributed by atoms with Gasteiger partial charge in [0, 0.05) is 30.4 Å². The van der Waals surface area contributed by atoms with Crippen molar-refractivity contribution >= 4 is 11.7 Å². The van der Waals surface area contributed by atoms with Gasteiger partial charge in [0.25, 0.3) is 0 Å². The van der Waals surface area contributed by atoms with Crippen molar-refractivity contribution in [3.8, 4) is 28.7 Å². The molecule has 39 heavy (non-hydrogen) atoms. The Balaban J connectivity index is 1.22. The van der Waals surface area contributed by atoms with Gasteiger partial charge in [0.2, 0.25) is 0 Å². The highest BCUT2D eigenvalue weighted by atomic mass is 16.5. The summed E-state index contributed by atoms with van der Waals surface area (Å²) in [4.78, 5) is 13.8. The van der Waals surface area contributed by atoms with Crippen LogP contribution in [0.2, 0.25) is 0 Å². The molecule has 0 unspecified atom stereocenters.